The molecule has 0 saturated carbocycles. The topological polar surface area (TPSA) is 135 Å². The number of benzene rings is 2. The fraction of sp³-hybridized carbons (Fsp3) is 0.259. The second-order valence-corrected chi connectivity index (χ2v) is 9.15. The first-order chi connectivity index (χ1) is 18.9. The Morgan fingerprint density at radius 2 is 1.95 bits per heavy atom. The van der Waals surface area contributed by atoms with E-state index in [1.165, 1.54) is 36.1 Å². The van der Waals surface area contributed by atoms with E-state index < -0.39 is 11.7 Å². The van der Waals surface area contributed by atoms with Crippen LogP contribution in [0.25, 0.3) is 11.5 Å². The van der Waals surface area contributed by atoms with E-state index in [1.807, 2.05) is 6.07 Å². The van der Waals surface area contributed by atoms with E-state index >= 15 is 0 Å². The lowest BCUT2D eigenvalue weighted by atomic mass is 9.95. The maximum absolute atomic E-state index is 13.3. The highest BCUT2D eigenvalue weighted by atomic mass is 19.1. The number of pyridine rings is 1. The fourth-order valence-electron chi connectivity index (χ4n) is 4.43. The molecule has 2 amide bonds. The van der Waals surface area contributed by atoms with Crippen LogP contribution >= 0.6 is 0 Å². The SMILES string of the molecule is COc1cc2c(cc1C(=O)Nc1cccc(-c3nnnn3[C@H](C)CO)n1)CN(C(=O)c1ccc(F)cc1)CC2. The molecule has 0 spiro atoms. The minimum absolute atomic E-state index is 0.153. The van der Waals surface area contributed by atoms with Crippen molar-refractivity contribution in [2.75, 3.05) is 25.6 Å². The Hall–Kier alpha value is -4.71. The number of halogens is 1. The molecule has 0 fully saturated rings. The van der Waals surface area contributed by atoms with E-state index in [1.54, 1.807) is 36.1 Å². The number of aromatic nitrogens is 5. The fourth-order valence-corrected chi connectivity index (χ4v) is 4.43. The Bertz CT molecular complexity index is 1520. The summed E-state index contributed by atoms with van der Waals surface area (Å²) in [7, 11) is 1.49. The van der Waals surface area contributed by atoms with Crippen LogP contribution in [0.4, 0.5) is 10.2 Å². The summed E-state index contributed by atoms with van der Waals surface area (Å²) < 4.78 is 20.3. The number of ether oxygens (including phenoxy) is 1. The summed E-state index contributed by atoms with van der Waals surface area (Å²) in [5.74, 6) is -0.0227. The molecule has 0 unspecified atom stereocenters. The Morgan fingerprint density at radius 1 is 1.15 bits per heavy atom. The Morgan fingerprint density at radius 3 is 2.69 bits per heavy atom. The summed E-state index contributed by atoms with van der Waals surface area (Å²) in [6.07, 6.45) is 0.588. The third-order valence-corrected chi connectivity index (χ3v) is 6.55. The number of rotatable bonds is 7. The smallest absolute Gasteiger partial charge is 0.260 e. The van der Waals surface area contributed by atoms with Crippen LogP contribution in [0.1, 0.15) is 44.8 Å². The number of hydrogen-bond acceptors (Lipinski definition) is 8. The quantitative estimate of drug-likeness (QED) is 0.372. The van der Waals surface area contributed by atoms with E-state index in [9.17, 15) is 19.1 Å². The van der Waals surface area contributed by atoms with Gasteiger partial charge in [-0.2, -0.15) is 0 Å². The summed E-state index contributed by atoms with van der Waals surface area (Å²) in [6.45, 7) is 2.40. The van der Waals surface area contributed by atoms with Gasteiger partial charge in [0.05, 0.1) is 25.3 Å². The van der Waals surface area contributed by atoms with Crippen molar-refractivity contribution in [3.63, 3.8) is 0 Å². The molecular weight excluding hydrogens is 505 g/mol. The molecule has 2 N–H and O–H groups in total. The lowest BCUT2D eigenvalue weighted by molar-refractivity contribution is 0.0734. The molecule has 12 heteroatoms. The standard InChI is InChI=1S/C27H26FN7O4/c1-16(15-36)35-25(31-32-33-35)22-4-3-5-24(29-22)30-26(37)21-12-19-14-34(11-10-18(19)13-23(21)39-2)27(38)17-6-8-20(28)9-7-17/h3-9,12-13,16,36H,10-11,14-15H2,1-2H3,(H,29,30,37)/t16-/m1/s1. The Balaban J connectivity index is 1.38. The number of anilines is 1. The van der Waals surface area contributed by atoms with Crippen molar-refractivity contribution >= 4 is 17.6 Å². The van der Waals surface area contributed by atoms with Crippen LogP contribution in [0.15, 0.2) is 54.6 Å². The predicted molar refractivity (Wildman–Crippen MR) is 139 cm³/mol. The minimum atomic E-state index is -0.440. The monoisotopic (exact) mass is 531 g/mol. The number of carbonyl (C=O) groups is 2. The highest BCUT2D eigenvalue weighted by molar-refractivity contribution is 6.06. The van der Waals surface area contributed by atoms with Crippen molar-refractivity contribution in [2.45, 2.75) is 25.9 Å². The molecule has 39 heavy (non-hydrogen) atoms. The van der Waals surface area contributed by atoms with E-state index in [0.29, 0.717) is 47.9 Å². The first-order valence-corrected chi connectivity index (χ1v) is 12.3. The van der Waals surface area contributed by atoms with Crippen molar-refractivity contribution in [1.82, 2.24) is 30.1 Å². The number of aliphatic hydroxyl groups is 1. The average molecular weight is 532 g/mol. The van der Waals surface area contributed by atoms with Crippen molar-refractivity contribution in [3.05, 3.63) is 82.7 Å². The number of nitrogens with zero attached hydrogens (tertiary/aromatic N) is 6. The lowest BCUT2D eigenvalue weighted by Crippen LogP contribution is -2.36. The summed E-state index contributed by atoms with van der Waals surface area (Å²) in [4.78, 5) is 32.5. The molecule has 1 atom stereocenters. The van der Waals surface area contributed by atoms with Gasteiger partial charge in [-0.05, 0) is 83.4 Å². The van der Waals surface area contributed by atoms with Gasteiger partial charge in [-0.25, -0.2) is 14.1 Å². The third-order valence-electron chi connectivity index (χ3n) is 6.55. The van der Waals surface area contributed by atoms with E-state index in [2.05, 4.69) is 25.8 Å². The molecule has 1 aliphatic heterocycles. The number of nitrogens with one attached hydrogen (secondary N) is 1. The second kappa shape index (κ2) is 11.0. The first-order valence-electron chi connectivity index (χ1n) is 12.3. The van der Waals surface area contributed by atoms with E-state index in [-0.39, 0.29) is 24.4 Å². The zero-order chi connectivity index (χ0) is 27.5. The van der Waals surface area contributed by atoms with Crippen LogP contribution in [-0.4, -0.2) is 67.3 Å². The summed E-state index contributed by atoms with van der Waals surface area (Å²) in [5.41, 5.74) is 2.92. The maximum Gasteiger partial charge on any atom is 0.260 e. The van der Waals surface area contributed by atoms with Crippen molar-refractivity contribution < 1.29 is 23.8 Å². The van der Waals surface area contributed by atoms with E-state index in [0.717, 1.165) is 11.1 Å². The second-order valence-electron chi connectivity index (χ2n) is 9.15. The predicted octanol–water partition coefficient (Wildman–Crippen LogP) is 2.89. The molecule has 0 saturated heterocycles. The molecule has 0 radical (unpaired) electrons. The van der Waals surface area contributed by atoms with Gasteiger partial charge in [-0.1, -0.05) is 6.07 Å². The molecule has 0 aliphatic carbocycles. The molecule has 11 nitrogen and oxygen atoms in total. The third kappa shape index (κ3) is 5.32. The molecular formula is C27H26FN7O4. The minimum Gasteiger partial charge on any atom is -0.496 e. The number of aliphatic hydroxyl groups excluding tert-OH is 1. The van der Waals surface area contributed by atoms with Crippen LogP contribution in [-0.2, 0) is 13.0 Å². The van der Waals surface area contributed by atoms with Crippen molar-refractivity contribution in [2.24, 2.45) is 0 Å². The summed E-state index contributed by atoms with van der Waals surface area (Å²) in [5, 5.41) is 23.9. The normalized spacial score (nSPS) is 13.5. The van der Waals surface area contributed by atoms with Gasteiger partial charge in [0.2, 0.25) is 5.82 Å². The summed E-state index contributed by atoms with van der Waals surface area (Å²) in [6, 6.07) is 13.7. The van der Waals surface area contributed by atoms with Gasteiger partial charge in [0.15, 0.2) is 0 Å². The van der Waals surface area contributed by atoms with Gasteiger partial charge in [-0.3, -0.25) is 9.59 Å². The number of fused-ring (bicyclic) bond motifs is 1. The molecule has 1 aliphatic rings. The number of tetrazole rings is 1. The average Bonchev–Trinajstić information content (AvgIpc) is 3.46. The van der Waals surface area contributed by atoms with Gasteiger partial charge in [-0.15, -0.1) is 5.10 Å². The number of methoxy groups -OCH3 is 1. The highest BCUT2D eigenvalue weighted by Crippen LogP contribution is 2.29. The Kier molecular flexibility index (Phi) is 7.28. The lowest BCUT2D eigenvalue weighted by Gasteiger charge is -2.30. The number of carbonyl (C=O) groups excluding carboxylic acids is 2. The van der Waals surface area contributed by atoms with Crippen molar-refractivity contribution in [3.8, 4) is 17.3 Å². The van der Waals surface area contributed by atoms with Crippen molar-refractivity contribution in [1.29, 1.82) is 0 Å². The Labute approximate surface area is 223 Å². The number of amides is 2. The molecule has 4 aromatic rings. The molecule has 5 rings (SSSR count). The van der Waals surface area contributed by atoms with Crippen LogP contribution in [0, 0.1) is 5.82 Å². The first kappa shape index (κ1) is 25.9. The molecule has 200 valence electrons. The molecule has 2 aromatic heterocycles. The zero-order valence-electron chi connectivity index (χ0n) is 21.3. The highest BCUT2D eigenvalue weighted by Gasteiger charge is 2.25. The van der Waals surface area contributed by atoms with Crippen LogP contribution < -0.4 is 10.1 Å². The number of hydrogen-bond donors (Lipinski definition) is 2. The van der Waals surface area contributed by atoms with E-state index in [4.69, 9.17) is 4.74 Å². The van der Waals surface area contributed by atoms with Gasteiger partial charge in [0.1, 0.15) is 23.1 Å². The zero-order valence-corrected chi connectivity index (χ0v) is 21.3. The van der Waals surface area contributed by atoms with Crippen LogP contribution in [0.5, 0.6) is 5.75 Å². The molecule has 0 bridgehead atoms. The molecule has 2 aromatic carbocycles. The van der Waals surface area contributed by atoms with Gasteiger partial charge in [0, 0.05) is 18.7 Å². The summed E-state index contributed by atoms with van der Waals surface area (Å²) >= 11 is 0. The van der Waals surface area contributed by atoms with Gasteiger partial charge >= 0.3 is 0 Å². The molecule has 3 heterocycles. The van der Waals surface area contributed by atoms with Gasteiger partial charge < -0.3 is 20.1 Å². The maximum atomic E-state index is 13.3. The van der Waals surface area contributed by atoms with Crippen LogP contribution in [0.3, 0.4) is 0 Å². The van der Waals surface area contributed by atoms with Gasteiger partial charge in [0.25, 0.3) is 11.8 Å². The van der Waals surface area contributed by atoms with Crippen LogP contribution in [0.2, 0.25) is 0 Å². The largest absolute Gasteiger partial charge is 0.496 e.